The van der Waals surface area contributed by atoms with Crippen LogP contribution < -0.4 is 5.32 Å². The van der Waals surface area contributed by atoms with E-state index in [2.05, 4.69) is 4.74 Å². The standard InChI is InChI=1S/C15H16F3NO6/c1-25-14(15(16,17)18)6-13(7-14,12(23)24)19-11(22)10(21)8-2-4-9(20)5-3-8/h2-5,10,20-21H,6-7H2,1H3,(H,19,22)(H,23,24). The van der Waals surface area contributed by atoms with E-state index in [1.807, 2.05) is 5.32 Å². The molecule has 25 heavy (non-hydrogen) atoms. The molecule has 1 unspecified atom stereocenters. The van der Waals surface area contributed by atoms with Gasteiger partial charge in [0.15, 0.2) is 11.7 Å². The highest BCUT2D eigenvalue weighted by molar-refractivity contribution is 5.90. The third-order valence-corrected chi connectivity index (χ3v) is 4.31. The molecule has 1 aromatic rings. The van der Waals surface area contributed by atoms with E-state index in [0.717, 1.165) is 7.11 Å². The van der Waals surface area contributed by atoms with Gasteiger partial charge in [-0.25, -0.2) is 4.79 Å². The number of hydrogen-bond donors (Lipinski definition) is 4. The van der Waals surface area contributed by atoms with Crippen molar-refractivity contribution >= 4 is 11.9 Å². The number of phenolic OH excluding ortho intramolecular Hbond substituents is 1. The van der Waals surface area contributed by atoms with Gasteiger partial charge in [0.05, 0.1) is 0 Å². The van der Waals surface area contributed by atoms with Crippen molar-refractivity contribution in [3.05, 3.63) is 29.8 Å². The molecule has 138 valence electrons. The number of hydrogen-bond acceptors (Lipinski definition) is 5. The number of aliphatic hydroxyl groups excluding tert-OH is 1. The lowest BCUT2D eigenvalue weighted by Crippen LogP contribution is -2.74. The number of aliphatic hydroxyl groups is 1. The van der Waals surface area contributed by atoms with Crippen LogP contribution in [-0.4, -0.2) is 51.6 Å². The van der Waals surface area contributed by atoms with Crippen LogP contribution in [0.25, 0.3) is 0 Å². The molecule has 1 aromatic carbocycles. The van der Waals surface area contributed by atoms with Crippen molar-refractivity contribution in [3.63, 3.8) is 0 Å². The molecule has 0 bridgehead atoms. The Kier molecular flexibility index (Phi) is 4.71. The summed E-state index contributed by atoms with van der Waals surface area (Å²) < 4.78 is 43.6. The van der Waals surface area contributed by atoms with Crippen LogP contribution in [0.3, 0.4) is 0 Å². The van der Waals surface area contributed by atoms with Gasteiger partial charge < -0.3 is 25.4 Å². The van der Waals surface area contributed by atoms with Gasteiger partial charge in [-0.3, -0.25) is 4.79 Å². The minimum Gasteiger partial charge on any atom is -0.508 e. The highest BCUT2D eigenvalue weighted by atomic mass is 19.4. The Morgan fingerprint density at radius 3 is 2.16 bits per heavy atom. The number of aliphatic carboxylic acids is 1. The summed E-state index contributed by atoms with van der Waals surface area (Å²) >= 11 is 0. The first-order chi connectivity index (χ1) is 11.5. The van der Waals surface area contributed by atoms with Gasteiger partial charge in [-0.05, 0) is 17.7 Å². The van der Waals surface area contributed by atoms with Gasteiger partial charge in [-0.15, -0.1) is 0 Å². The predicted octanol–water partition coefficient (Wildman–Crippen LogP) is 1.11. The summed E-state index contributed by atoms with van der Waals surface area (Å²) in [6.07, 6.45) is -8.63. The monoisotopic (exact) mass is 363 g/mol. The van der Waals surface area contributed by atoms with E-state index in [9.17, 15) is 33.0 Å². The molecule has 0 aromatic heterocycles. The zero-order chi connectivity index (χ0) is 19.0. The number of nitrogens with one attached hydrogen (secondary N) is 1. The summed E-state index contributed by atoms with van der Waals surface area (Å²) in [5.74, 6) is -2.94. The molecule has 0 radical (unpaired) electrons. The van der Waals surface area contributed by atoms with E-state index < -0.39 is 48.1 Å². The number of carbonyl (C=O) groups is 2. The number of rotatable bonds is 5. The molecule has 1 amide bonds. The first-order valence-electron chi connectivity index (χ1n) is 7.11. The second kappa shape index (κ2) is 6.19. The molecule has 1 saturated carbocycles. The first-order valence-corrected chi connectivity index (χ1v) is 7.11. The predicted molar refractivity (Wildman–Crippen MR) is 76.6 cm³/mol. The summed E-state index contributed by atoms with van der Waals surface area (Å²) in [4.78, 5) is 23.5. The van der Waals surface area contributed by atoms with Crippen LogP contribution in [0.4, 0.5) is 13.2 Å². The lowest BCUT2D eigenvalue weighted by molar-refractivity contribution is -0.312. The summed E-state index contributed by atoms with van der Waals surface area (Å²) in [5.41, 5.74) is -4.81. The molecule has 7 nitrogen and oxygen atoms in total. The smallest absolute Gasteiger partial charge is 0.417 e. The topological polar surface area (TPSA) is 116 Å². The average molecular weight is 363 g/mol. The number of halogens is 3. The SMILES string of the molecule is COC1(C(F)(F)F)CC(NC(=O)C(O)c2ccc(O)cc2)(C(=O)O)C1. The summed E-state index contributed by atoms with van der Waals surface area (Å²) in [6, 6.07) is 4.84. The van der Waals surface area contributed by atoms with E-state index in [0.29, 0.717) is 0 Å². The maximum atomic E-state index is 13.1. The van der Waals surface area contributed by atoms with Gasteiger partial charge in [-0.2, -0.15) is 13.2 Å². The molecule has 0 spiro atoms. The maximum Gasteiger partial charge on any atom is 0.417 e. The largest absolute Gasteiger partial charge is 0.508 e. The molecular formula is C15H16F3NO6. The number of benzene rings is 1. The van der Waals surface area contributed by atoms with Gasteiger partial charge in [0.1, 0.15) is 11.3 Å². The number of carbonyl (C=O) groups excluding carboxylic acids is 1. The first kappa shape index (κ1) is 19.0. The Labute approximate surface area is 140 Å². The summed E-state index contributed by atoms with van der Waals surface area (Å²) in [6.45, 7) is 0. The summed E-state index contributed by atoms with van der Waals surface area (Å²) in [7, 11) is 0.812. The quantitative estimate of drug-likeness (QED) is 0.623. The van der Waals surface area contributed by atoms with Crippen LogP contribution in [0.15, 0.2) is 24.3 Å². The molecule has 0 saturated heterocycles. The van der Waals surface area contributed by atoms with Crippen LogP contribution in [-0.2, 0) is 14.3 Å². The van der Waals surface area contributed by atoms with E-state index >= 15 is 0 Å². The molecule has 10 heteroatoms. The lowest BCUT2D eigenvalue weighted by atomic mass is 9.64. The highest BCUT2D eigenvalue weighted by Gasteiger charge is 2.72. The normalized spacial score (nSPS) is 27.2. The fourth-order valence-corrected chi connectivity index (χ4v) is 2.79. The summed E-state index contributed by atoms with van der Waals surface area (Å²) in [5, 5.41) is 30.4. The Bertz CT molecular complexity index is 667. The molecule has 1 atom stereocenters. The average Bonchev–Trinajstić information content (AvgIpc) is 2.48. The van der Waals surface area contributed by atoms with Crippen LogP contribution in [0, 0.1) is 0 Å². The zero-order valence-electron chi connectivity index (χ0n) is 13.0. The number of ether oxygens (including phenoxy) is 1. The Morgan fingerprint density at radius 2 is 1.76 bits per heavy atom. The Balaban J connectivity index is 2.17. The van der Waals surface area contributed by atoms with E-state index in [-0.39, 0.29) is 11.3 Å². The van der Waals surface area contributed by atoms with Crippen molar-refractivity contribution < 1.29 is 42.8 Å². The van der Waals surface area contributed by atoms with Crippen molar-refractivity contribution in [3.8, 4) is 5.75 Å². The number of carboxylic acids is 1. The molecule has 4 N–H and O–H groups in total. The molecule has 0 heterocycles. The van der Waals surface area contributed by atoms with Crippen LogP contribution in [0.2, 0.25) is 0 Å². The van der Waals surface area contributed by atoms with Gasteiger partial charge in [-0.1, -0.05) is 12.1 Å². The molecule has 1 aliphatic rings. The van der Waals surface area contributed by atoms with E-state index in [1.54, 1.807) is 0 Å². The number of alkyl halides is 3. The van der Waals surface area contributed by atoms with Gasteiger partial charge in [0.2, 0.25) is 0 Å². The third-order valence-electron chi connectivity index (χ3n) is 4.31. The molecular weight excluding hydrogens is 347 g/mol. The lowest BCUT2D eigenvalue weighted by Gasteiger charge is -2.53. The molecule has 1 fully saturated rings. The van der Waals surface area contributed by atoms with Crippen LogP contribution in [0.5, 0.6) is 5.75 Å². The van der Waals surface area contributed by atoms with Gasteiger partial charge in [0, 0.05) is 20.0 Å². The minimum absolute atomic E-state index is 0.0454. The van der Waals surface area contributed by atoms with Gasteiger partial charge in [0.25, 0.3) is 5.91 Å². The van der Waals surface area contributed by atoms with Gasteiger partial charge >= 0.3 is 12.1 Å². The fraction of sp³-hybridized carbons (Fsp3) is 0.467. The zero-order valence-corrected chi connectivity index (χ0v) is 13.0. The molecule has 2 rings (SSSR count). The Morgan fingerprint density at radius 1 is 1.24 bits per heavy atom. The van der Waals surface area contributed by atoms with Crippen molar-refractivity contribution in [1.29, 1.82) is 0 Å². The van der Waals surface area contributed by atoms with E-state index in [4.69, 9.17) is 5.11 Å². The molecule has 1 aliphatic carbocycles. The van der Waals surface area contributed by atoms with Crippen LogP contribution in [0.1, 0.15) is 24.5 Å². The van der Waals surface area contributed by atoms with Crippen molar-refractivity contribution in [2.75, 3.05) is 7.11 Å². The second-order valence-corrected chi connectivity index (χ2v) is 5.92. The second-order valence-electron chi connectivity index (χ2n) is 5.92. The molecule has 0 aliphatic heterocycles. The number of aromatic hydroxyl groups is 1. The maximum absolute atomic E-state index is 13.1. The van der Waals surface area contributed by atoms with Crippen molar-refractivity contribution in [1.82, 2.24) is 5.32 Å². The number of methoxy groups -OCH3 is 1. The van der Waals surface area contributed by atoms with E-state index in [1.165, 1.54) is 24.3 Å². The minimum atomic E-state index is -4.80. The van der Waals surface area contributed by atoms with Crippen molar-refractivity contribution in [2.45, 2.75) is 36.3 Å². The Hall–Kier alpha value is -2.33. The fourth-order valence-electron chi connectivity index (χ4n) is 2.79. The third kappa shape index (κ3) is 3.27. The number of carboxylic acid groups (broad SMARTS) is 1. The van der Waals surface area contributed by atoms with Crippen LogP contribution >= 0.6 is 0 Å². The highest BCUT2D eigenvalue weighted by Crippen LogP contribution is 2.53. The number of amides is 1. The number of phenols is 1. The van der Waals surface area contributed by atoms with Crippen molar-refractivity contribution in [2.24, 2.45) is 0 Å².